The lowest BCUT2D eigenvalue weighted by atomic mass is 9.88. The quantitative estimate of drug-likeness (QED) is 0.726. The van der Waals surface area contributed by atoms with E-state index in [-0.39, 0.29) is 5.56 Å². The van der Waals surface area contributed by atoms with Crippen molar-refractivity contribution in [2.45, 2.75) is 35.9 Å². The van der Waals surface area contributed by atoms with E-state index >= 15 is 0 Å². The van der Waals surface area contributed by atoms with Crippen LogP contribution < -0.4 is 10.2 Å². The van der Waals surface area contributed by atoms with E-state index < -0.39 is 11.7 Å². The van der Waals surface area contributed by atoms with Crippen molar-refractivity contribution in [3.8, 4) is 11.1 Å². The predicted octanol–water partition coefficient (Wildman–Crippen LogP) is 5.13. The second-order valence-corrected chi connectivity index (χ2v) is 8.65. The number of fused-ring (bicyclic) bond motifs is 3. The van der Waals surface area contributed by atoms with E-state index in [0.717, 1.165) is 43.1 Å². The molecule has 1 saturated heterocycles. The second kappa shape index (κ2) is 6.45. The van der Waals surface area contributed by atoms with Crippen molar-refractivity contribution in [2.75, 3.05) is 30.3 Å². The van der Waals surface area contributed by atoms with Gasteiger partial charge in [-0.3, -0.25) is 0 Å². The molecule has 27 heavy (non-hydrogen) atoms. The zero-order valence-electron chi connectivity index (χ0n) is 14.9. The number of alkyl halides is 3. The van der Waals surface area contributed by atoms with E-state index in [1.54, 1.807) is 23.9 Å². The van der Waals surface area contributed by atoms with E-state index in [0.29, 0.717) is 17.5 Å². The minimum Gasteiger partial charge on any atom is -0.367 e. The number of hydrogen-bond acceptors (Lipinski definition) is 3. The Labute approximate surface area is 161 Å². The average Bonchev–Trinajstić information content (AvgIpc) is 2.83. The lowest BCUT2D eigenvalue weighted by Gasteiger charge is -2.33. The number of nitrogens with zero attached hydrogens (tertiary/aromatic N) is 1. The normalized spacial score (nSPS) is 24.3. The Morgan fingerprint density at radius 1 is 1.15 bits per heavy atom. The summed E-state index contributed by atoms with van der Waals surface area (Å²) in [6.07, 6.45) is -2.14. The summed E-state index contributed by atoms with van der Waals surface area (Å²) in [5, 5.41) is 3.48. The van der Waals surface area contributed by atoms with E-state index in [9.17, 15) is 13.2 Å². The fourth-order valence-electron chi connectivity index (χ4n) is 4.86. The van der Waals surface area contributed by atoms with Crippen LogP contribution in [0.1, 0.15) is 29.9 Å². The number of nitrogens with one attached hydrogen (secondary N) is 1. The maximum Gasteiger partial charge on any atom is 0.417 e. The first-order chi connectivity index (χ1) is 13.0. The third-order valence-electron chi connectivity index (χ3n) is 5.98. The van der Waals surface area contributed by atoms with Crippen LogP contribution in [0.2, 0.25) is 0 Å². The molecule has 2 atom stereocenters. The zero-order valence-corrected chi connectivity index (χ0v) is 15.7. The largest absolute Gasteiger partial charge is 0.417 e. The number of hydrogen-bond donors (Lipinski definition) is 1. The molecule has 2 nitrogen and oxygen atoms in total. The highest BCUT2D eigenvalue weighted by atomic mass is 32.2. The molecule has 142 valence electrons. The molecule has 5 rings (SSSR count). The maximum atomic E-state index is 13.6. The van der Waals surface area contributed by atoms with Gasteiger partial charge in [-0.05, 0) is 60.0 Å². The molecule has 0 unspecified atom stereocenters. The molecule has 0 saturated carbocycles. The highest BCUT2D eigenvalue weighted by Gasteiger charge is 2.42. The smallest absolute Gasteiger partial charge is 0.367 e. The van der Waals surface area contributed by atoms with E-state index in [1.165, 1.54) is 23.4 Å². The minimum absolute atomic E-state index is 0.285. The van der Waals surface area contributed by atoms with Crippen molar-refractivity contribution in [2.24, 2.45) is 0 Å². The summed E-state index contributed by atoms with van der Waals surface area (Å²) in [7, 11) is 0. The molecule has 2 aromatic carbocycles. The predicted molar refractivity (Wildman–Crippen MR) is 104 cm³/mol. The molecule has 0 aromatic heterocycles. The fraction of sp³-hybridized carbons (Fsp3) is 0.429. The third-order valence-corrected chi connectivity index (χ3v) is 7.10. The molecule has 6 heteroatoms. The van der Waals surface area contributed by atoms with Crippen LogP contribution in [0.25, 0.3) is 11.1 Å². The van der Waals surface area contributed by atoms with Gasteiger partial charge in [0.15, 0.2) is 0 Å². The average molecular weight is 390 g/mol. The van der Waals surface area contributed by atoms with Gasteiger partial charge in [0.05, 0.1) is 11.3 Å². The van der Waals surface area contributed by atoms with Gasteiger partial charge in [-0.2, -0.15) is 13.2 Å². The Balaban J connectivity index is 1.70. The van der Waals surface area contributed by atoms with Crippen LogP contribution in [0.15, 0.2) is 41.3 Å². The summed E-state index contributed by atoms with van der Waals surface area (Å²) in [6, 6.07) is 10.4. The number of benzene rings is 2. The first-order valence-corrected chi connectivity index (χ1v) is 10.5. The van der Waals surface area contributed by atoms with Gasteiger partial charge in [0.2, 0.25) is 0 Å². The lowest BCUT2D eigenvalue weighted by Crippen LogP contribution is -2.44. The van der Waals surface area contributed by atoms with E-state index in [1.807, 2.05) is 12.1 Å². The molecule has 2 aromatic rings. The van der Waals surface area contributed by atoms with Gasteiger partial charge in [-0.25, -0.2) is 0 Å². The first kappa shape index (κ1) is 17.4. The molecular weight excluding hydrogens is 369 g/mol. The van der Waals surface area contributed by atoms with Crippen LogP contribution >= 0.6 is 11.8 Å². The molecule has 1 fully saturated rings. The number of rotatable bonds is 1. The van der Waals surface area contributed by atoms with Gasteiger partial charge in [0, 0.05) is 29.9 Å². The van der Waals surface area contributed by atoms with Crippen LogP contribution in [-0.4, -0.2) is 31.4 Å². The highest BCUT2D eigenvalue weighted by Crippen LogP contribution is 2.51. The Morgan fingerprint density at radius 3 is 2.85 bits per heavy atom. The highest BCUT2D eigenvalue weighted by molar-refractivity contribution is 7.99. The molecular formula is C21H21F3N2S. The number of piperidine rings is 1. The Bertz CT molecular complexity index is 880. The molecule has 0 aliphatic carbocycles. The van der Waals surface area contributed by atoms with Gasteiger partial charge in [0.1, 0.15) is 0 Å². The molecule has 0 radical (unpaired) electrons. The summed E-state index contributed by atoms with van der Waals surface area (Å²) in [5.74, 6) is 1.38. The summed E-state index contributed by atoms with van der Waals surface area (Å²) >= 11 is 1.79. The van der Waals surface area contributed by atoms with Crippen LogP contribution in [0.5, 0.6) is 0 Å². The van der Waals surface area contributed by atoms with Crippen molar-refractivity contribution < 1.29 is 13.2 Å². The number of anilines is 1. The van der Waals surface area contributed by atoms with Crippen LogP contribution in [-0.2, 0) is 6.18 Å². The summed E-state index contributed by atoms with van der Waals surface area (Å²) in [6.45, 7) is 2.97. The van der Waals surface area contributed by atoms with Gasteiger partial charge >= 0.3 is 6.18 Å². The maximum absolute atomic E-state index is 13.6. The van der Waals surface area contributed by atoms with Gasteiger partial charge < -0.3 is 10.2 Å². The van der Waals surface area contributed by atoms with Gasteiger partial charge in [-0.1, -0.05) is 18.2 Å². The van der Waals surface area contributed by atoms with Gasteiger partial charge in [0.25, 0.3) is 0 Å². The Hall–Kier alpha value is -1.66. The van der Waals surface area contributed by atoms with E-state index in [2.05, 4.69) is 10.2 Å². The standard InChI is InChI=1S/C21H21F3N2S/c22-21(23,24)17-5-2-1-4-14(17)13-10-15-16-12-25-7-6-18(16)26-8-3-9-27-19(11-13)20(15)26/h1-2,4-5,10-11,16,18,25H,3,6-9,12H2/t16-,18-/m0/s1. The summed E-state index contributed by atoms with van der Waals surface area (Å²) in [5.41, 5.74) is 2.93. The minimum atomic E-state index is -4.35. The Morgan fingerprint density at radius 2 is 2.00 bits per heavy atom. The van der Waals surface area contributed by atoms with Crippen LogP contribution in [0.3, 0.4) is 0 Å². The number of halogens is 3. The molecule has 0 bridgehead atoms. The summed E-state index contributed by atoms with van der Waals surface area (Å²) < 4.78 is 40.7. The molecule has 3 aliphatic heterocycles. The van der Waals surface area contributed by atoms with Crippen molar-refractivity contribution in [1.82, 2.24) is 5.32 Å². The molecule has 3 aliphatic rings. The van der Waals surface area contributed by atoms with Crippen molar-refractivity contribution in [3.05, 3.63) is 47.5 Å². The third kappa shape index (κ3) is 2.85. The second-order valence-electron chi connectivity index (χ2n) is 7.52. The Kier molecular flexibility index (Phi) is 4.17. The zero-order chi connectivity index (χ0) is 18.6. The van der Waals surface area contributed by atoms with Crippen LogP contribution in [0, 0.1) is 0 Å². The van der Waals surface area contributed by atoms with Crippen molar-refractivity contribution in [1.29, 1.82) is 0 Å². The monoisotopic (exact) mass is 390 g/mol. The molecule has 0 spiro atoms. The van der Waals surface area contributed by atoms with Gasteiger partial charge in [-0.15, -0.1) is 11.8 Å². The lowest BCUT2D eigenvalue weighted by molar-refractivity contribution is -0.137. The van der Waals surface area contributed by atoms with Crippen molar-refractivity contribution >= 4 is 17.4 Å². The van der Waals surface area contributed by atoms with Crippen molar-refractivity contribution in [3.63, 3.8) is 0 Å². The summed E-state index contributed by atoms with van der Waals surface area (Å²) in [4.78, 5) is 3.68. The number of thioether (sulfide) groups is 1. The molecule has 1 N–H and O–H groups in total. The first-order valence-electron chi connectivity index (χ1n) is 9.49. The van der Waals surface area contributed by atoms with E-state index in [4.69, 9.17) is 0 Å². The topological polar surface area (TPSA) is 15.3 Å². The SMILES string of the molecule is FC(F)(F)c1ccccc1-c1cc2c3c(c1)[C@@H]1CNCC[C@@H]1N3CCCS2. The van der Waals surface area contributed by atoms with Crippen LogP contribution in [0.4, 0.5) is 18.9 Å². The molecule has 3 heterocycles. The molecule has 0 amide bonds. The fourth-order valence-corrected chi connectivity index (χ4v) is 5.94.